The number of pyridine rings is 1. The van der Waals surface area contributed by atoms with Crippen LogP contribution in [0.25, 0.3) is 33.9 Å². The standard InChI is InChI=1S/C27H26FN3O4/c28-21-8-6-19(7-9-21)26-25(18-10-13-29-14-11-18)30-27(20-4-2-1-3-5-20)31(26)15-12-22(32)16-23(33)17-24(34)35/h1-11,13-14,22-23,32-33H,12,15-17H2,(H,34,35)/p-1/t22-,23-/m1/s1. The van der Waals surface area contributed by atoms with Gasteiger partial charge in [-0.1, -0.05) is 30.3 Å². The maximum Gasteiger partial charge on any atom is 0.141 e. The van der Waals surface area contributed by atoms with Crippen molar-refractivity contribution >= 4 is 5.97 Å². The van der Waals surface area contributed by atoms with Crippen molar-refractivity contribution in [1.82, 2.24) is 14.5 Å². The van der Waals surface area contributed by atoms with Crippen LogP contribution in [0.15, 0.2) is 79.1 Å². The summed E-state index contributed by atoms with van der Waals surface area (Å²) in [6.45, 7) is 0.328. The van der Waals surface area contributed by atoms with Gasteiger partial charge in [0.05, 0.1) is 23.6 Å². The number of aromatic nitrogens is 3. The Hall–Kier alpha value is -3.88. The second-order valence-corrected chi connectivity index (χ2v) is 8.30. The Morgan fingerprint density at radius 3 is 2.26 bits per heavy atom. The molecular formula is C27H25FN3O4-. The molecule has 4 aromatic rings. The molecule has 2 atom stereocenters. The lowest BCUT2D eigenvalue weighted by molar-refractivity contribution is -0.307. The van der Waals surface area contributed by atoms with Gasteiger partial charge < -0.3 is 24.7 Å². The number of aliphatic hydroxyl groups excluding tert-OH is 2. The molecule has 2 aromatic heterocycles. The summed E-state index contributed by atoms with van der Waals surface area (Å²) in [5, 5.41) is 31.1. The number of halogens is 1. The first kappa shape index (κ1) is 24.3. The summed E-state index contributed by atoms with van der Waals surface area (Å²) in [5.41, 5.74) is 3.88. The fourth-order valence-electron chi connectivity index (χ4n) is 4.08. The van der Waals surface area contributed by atoms with Crippen molar-refractivity contribution in [2.75, 3.05) is 0 Å². The van der Waals surface area contributed by atoms with Crippen LogP contribution < -0.4 is 5.11 Å². The maximum absolute atomic E-state index is 13.7. The number of carboxylic acid groups (broad SMARTS) is 1. The van der Waals surface area contributed by atoms with E-state index in [1.54, 1.807) is 24.5 Å². The van der Waals surface area contributed by atoms with Gasteiger partial charge in [-0.25, -0.2) is 9.37 Å². The number of carbonyl (C=O) groups excluding carboxylic acids is 1. The lowest BCUT2D eigenvalue weighted by Gasteiger charge is -2.18. The van der Waals surface area contributed by atoms with Crippen LogP contribution in [0.5, 0.6) is 0 Å². The molecule has 2 aromatic carbocycles. The second-order valence-electron chi connectivity index (χ2n) is 8.30. The van der Waals surface area contributed by atoms with E-state index in [-0.39, 0.29) is 18.7 Å². The van der Waals surface area contributed by atoms with Crippen LogP contribution in [0.2, 0.25) is 0 Å². The highest BCUT2D eigenvalue weighted by Gasteiger charge is 2.22. The summed E-state index contributed by atoms with van der Waals surface area (Å²) >= 11 is 0. The molecule has 0 unspecified atom stereocenters. The normalized spacial score (nSPS) is 12.9. The number of benzene rings is 2. The van der Waals surface area contributed by atoms with E-state index >= 15 is 0 Å². The smallest absolute Gasteiger partial charge is 0.141 e. The Morgan fingerprint density at radius 1 is 0.914 bits per heavy atom. The van der Waals surface area contributed by atoms with Crippen molar-refractivity contribution in [2.45, 2.75) is 38.0 Å². The van der Waals surface area contributed by atoms with Gasteiger partial charge in [0.15, 0.2) is 0 Å². The summed E-state index contributed by atoms with van der Waals surface area (Å²) < 4.78 is 15.7. The largest absolute Gasteiger partial charge is 0.550 e. The summed E-state index contributed by atoms with van der Waals surface area (Å²) in [4.78, 5) is 19.8. The third-order valence-corrected chi connectivity index (χ3v) is 5.70. The van der Waals surface area contributed by atoms with Gasteiger partial charge in [0.2, 0.25) is 0 Å². The van der Waals surface area contributed by atoms with Crippen LogP contribution in [0.3, 0.4) is 0 Å². The molecular weight excluding hydrogens is 449 g/mol. The maximum atomic E-state index is 13.7. The number of rotatable bonds is 10. The van der Waals surface area contributed by atoms with Gasteiger partial charge in [-0.15, -0.1) is 0 Å². The predicted molar refractivity (Wildman–Crippen MR) is 127 cm³/mol. The van der Waals surface area contributed by atoms with Crippen LogP contribution in [-0.4, -0.2) is 42.9 Å². The molecule has 0 aliphatic rings. The fraction of sp³-hybridized carbons (Fsp3) is 0.222. The van der Waals surface area contributed by atoms with E-state index < -0.39 is 24.6 Å². The average molecular weight is 475 g/mol. The lowest BCUT2D eigenvalue weighted by atomic mass is 10.0. The molecule has 0 aliphatic heterocycles. The van der Waals surface area contributed by atoms with Crippen LogP contribution in [0, 0.1) is 5.82 Å². The fourth-order valence-corrected chi connectivity index (χ4v) is 4.08. The van der Waals surface area contributed by atoms with Crippen LogP contribution in [0.1, 0.15) is 19.3 Å². The Bertz CT molecular complexity index is 1260. The van der Waals surface area contributed by atoms with E-state index in [4.69, 9.17) is 4.98 Å². The summed E-state index contributed by atoms with van der Waals surface area (Å²) in [6.07, 6.45) is 0.818. The highest BCUT2D eigenvalue weighted by atomic mass is 19.1. The number of carbonyl (C=O) groups is 1. The van der Waals surface area contributed by atoms with E-state index in [0.29, 0.717) is 18.1 Å². The molecule has 0 aliphatic carbocycles. The zero-order chi connectivity index (χ0) is 24.8. The lowest BCUT2D eigenvalue weighted by Crippen LogP contribution is -2.29. The number of carboxylic acids is 1. The monoisotopic (exact) mass is 474 g/mol. The Labute approximate surface area is 202 Å². The van der Waals surface area contributed by atoms with Crippen LogP contribution >= 0.6 is 0 Å². The topological polar surface area (TPSA) is 111 Å². The number of hydrogen-bond donors (Lipinski definition) is 2. The SMILES string of the molecule is O=C([O-])C[C@H](O)C[C@H](O)CCn1c(-c2ccccc2)nc(-c2ccncc2)c1-c1ccc(F)cc1. The van der Waals surface area contributed by atoms with Gasteiger partial charge in [0.1, 0.15) is 11.6 Å². The minimum Gasteiger partial charge on any atom is -0.550 e. The van der Waals surface area contributed by atoms with Crippen LogP contribution in [-0.2, 0) is 11.3 Å². The predicted octanol–water partition coefficient (Wildman–Crippen LogP) is 3.06. The van der Waals surface area contributed by atoms with E-state index in [0.717, 1.165) is 22.4 Å². The zero-order valence-corrected chi connectivity index (χ0v) is 18.9. The van der Waals surface area contributed by atoms with E-state index in [1.165, 1.54) is 12.1 Å². The third-order valence-electron chi connectivity index (χ3n) is 5.70. The summed E-state index contributed by atoms with van der Waals surface area (Å²) in [5.74, 6) is -1.06. The van der Waals surface area contributed by atoms with Crippen molar-refractivity contribution in [1.29, 1.82) is 0 Å². The van der Waals surface area contributed by atoms with Crippen molar-refractivity contribution in [2.24, 2.45) is 0 Å². The molecule has 7 nitrogen and oxygen atoms in total. The van der Waals surface area contributed by atoms with Gasteiger partial charge >= 0.3 is 0 Å². The van der Waals surface area contributed by atoms with E-state index in [2.05, 4.69) is 4.98 Å². The van der Waals surface area contributed by atoms with Gasteiger partial charge in [-0.3, -0.25) is 4.98 Å². The average Bonchev–Trinajstić information content (AvgIpc) is 3.23. The van der Waals surface area contributed by atoms with E-state index in [1.807, 2.05) is 47.0 Å². The third kappa shape index (κ3) is 5.98. The van der Waals surface area contributed by atoms with Crippen molar-refractivity contribution in [3.63, 3.8) is 0 Å². The molecule has 0 radical (unpaired) electrons. The molecule has 2 N–H and O–H groups in total. The molecule has 0 spiro atoms. The zero-order valence-electron chi connectivity index (χ0n) is 18.9. The molecule has 4 rings (SSSR count). The molecule has 0 amide bonds. The first-order valence-electron chi connectivity index (χ1n) is 11.3. The molecule has 35 heavy (non-hydrogen) atoms. The molecule has 0 fully saturated rings. The van der Waals surface area contributed by atoms with Crippen molar-refractivity contribution < 1.29 is 24.5 Å². The quantitative estimate of drug-likeness (QED) is 0.365. The highest BCUT2D eigenvalue weighted by Crippen LogP contribution is 2.36. The Kier molecular flexibility index (Phi) is 7.64. The minimum atomic E-state index is -1.37. The van der Waals surface area contributed by atoms with Crippen LogP contribution in [0.4, 0.5) is 4.39 Å². The van der Waals surface area contributed by atoms with Gasteiger partial charge in [0, 0.05) is 48.0 Å². The van der Waals surface area contributed by atoms with Crippen molar-refractivity contribution in [3.05, 3.63) is 84.9 Å². The highest BCUT2D eigenvalue weighted by molar-refractivity contribution is 5.82. The molecule has 0 saturated carbocycles. The number of imidazole rings is 1. The molecule has 0 saturated heterocycles. The molecule has 2 heterocycles. The first-order chi connectivity index (χ1) is 16.9. The number of aliphatic carboxylic acids is 1. The van der Waals surface area contributed by atoms with Gasteiger partial charge in [0.25, 0.3) is 0 Å². The van der Waals surface area contributed by atoms with Gasteiger partial charge in [-0.2, -0.15) is 0 Å². The Morgan fingerprint density at radius 2 is 1.60 bits per heavy atom. The van der Waals surface area contributed by atoms with E-state index in [9.17, 15) is 24.5 Å². The summed E-state index contributed by atoms with van der Waals surface area (Å²) in [7, 11) is 0. The minimum absolute atomic E-state index is 0.0908. The van der Waals surface area contributed by atoms with Gasteiger partial charge in [-0.05, 0) is 49.2 Å². The second kappa shape index (κ2) is 11.0. The first-order valence-corrected chi connectivity index (χ1v) is 11.3. The number of hydrogen-bond acceptors (Lipinski definition) is 6. The van der Waals surface area contributed by atoms with Crippen molar-refractivity contribution in [3.8, 4) is 33.9 Å². The summed E-state index contributed by atoms with van der Waals surface area (Å²) in [6, 6.07) is 19.4. The molecule has 0 bridgehead atoms. The molecule has 180 valence electrons. The number of nitrogens with zero attached hydrogens (tertiary/aromatic N) is 3. The number of aliphatic hydroxyl groups is 2. The molecule has 8 heteroatoms. The Balaban J connectivity index is 1.78.